The molecule has 0 atom stereocenters. The maximum atomic E-state index is 13.1. The Labute approximate surface area is 124 Å². The van der Waals surface area contributed by atoms with Gasteiger partial charge in [0.2, 0.25) is 0 Å². The first-order valence-electron chi connectivity index (χ1n) is 4.34. The van der Waals surface area contributed by atoms with E-state index in [-0.39, 0.29) is 8.95 Å². The Morgan fingerprint density at radius 3 is 1.58 bits per heavy atom. The lowest BCUT2D eigenvalue weighted by atomic mass is 10.3. The zero-order chi connectivity index (χ0) is 15.1. The van der Waals surface area contributed by atoms with Gasteiger partial charge in [-0.15, -0.1) is 0 Å². The van der Waals surface area contributed by atoms with Crippen molar-refractivity contribution in [2.75, 3.05) is 0 Å². The molecule has 0 nitrogen and oxygen atoms in total. The molecule has 0 aliphatic rings. The van der Waals surface area contributed by atoms with Gasteiger partial charge in [-0.1, -0.05) is 31.9 Å². The summed E-state index contributed by atoms with van der Waals surface area (Å²) in [5.41, 5.74) is 0. The van der Waals surface area contributed by atoms with Crippen molar-refractivity contribution in [3.63, 3.8) is 0 Å². The van der Waals surface area contributed by atoms with E-state index in [4.69, 9.17) is 0 Å². The summed E-state index contributed by atoms with van der Waals surface area (Å²) in [5, 5.41) is -5.31. The van der Waals surface area contributed by atoms with Crippen molar-refractivity contribution in [2.45, 2.75) is 22.2 Å². The van der Waals surface area contributed by atoms with Crippen LogP contribution in [0, 0.1) is 0 Å². The molecule has 0 unspecified atom stereocenters. The lowest BCUT2D eigenvalue weighted by Crippen LogP contribution is -2.49. The summed E-state index contributed by atoms with van der Waals surface area (Å²) in [7, 11) is 0. The van der Waals surface area contributed by atoms with E-state index < -0.39 is 34.0 Å². The molecule has 0 fully saturated rings. The number of thioether (sulfide) groups is 1. The van der Waals surface area contributed by atoms with Gasteiger partial charge in [0.05, 0.1) is 0 Å². The molecule has 0 aromatic heterocycles. The third-order valence-electron chi connectivity index (χ3n) is 1.80. The molecule has 0 aliphatic heterocycles. The van der Waals surface area contributed by atoms with Crippen molar-refractivity contribution in [1.29, 1.82) is 0 Å². The SMILES string of the molecule is FC(F)(F)C(F)(F)C(F)(F)Sc1cc(Br)cc(Br)c1. The van der Waals surface area contributed by atoms with Crippen molar-refractivity contribution in [2.24, 2.45) is 0 Å². The molecule has 0 saturated heterocycles. The standard InChI is InChI=1S/C9H3Br2F7S/c10-4-1-5(11)3-6(2-4)19-9(17,18)7(12,13)8(14,15)16/h1-3H. The summed E-state index contributed by atoms with van der Waals surface area (Å²) in [6.07, 6.45) is -6.33. The van der Waals surface area contributed by atoms with Crippen LogP contribution in [-0.4, -0.2) is 17.4 Å². The predicted octanol–water partition coefficient (Wildman–Crippen LogP) is 6.09. The monoisotopic (exact) mass is 434 g/mol. The largest absolute Gasteiger partial charge is 0.460 e. The molecule has 108 valence electrons. The van der Waals surface area contributed by atoms with Crippen LogP contribution in [-0.2, 0) is 0 Å². The van der Waals surface area contributed by atoms with Gasteiger partial charge < -0.3 is 0 Å². The fourth-order valence-corrected chi connectivity index (χ4v) is 3.47. The molecule has 1 aromatic carbocycles. The minimum absolute atomic E-state index is 0.260. The highest BCUT2D eigenvalue weighted by molar-refractivity contribution is 9.11. The average molecular weight is 436 g/mol. The number of rotatable bonds is 3. The molecular weight excluding hydrogens is 433 g/mol. The average Bonchev–Trinajstić information content (AvgIpc) is 2.12. The van der Waals surface area contributed by atoms with Crippen molar-refractivity contribution in [3.8, 4) is 0 Å². The van der Waals surface area contributed by atoms with Gasteiger partial charge in [-0.3, -0.25) is 0 Å². The van der Waals surface area contributed by atoms with E-state index in [2.05, 4.69) is 31.9 Å². The lowest BCUT2D eigenvalue weighted by molar-refractivity contribution is -0.330. The van der Waals surface area contributed by atoms with Crippen LogP contribution in [0.4, 0.5) is 30.7 Å². The second kappa shape index (κ2) is 5.44. The number of hydrogen-bond acceptors (Lipinski definition) is 1. The summed E-state index contributed by atoms with van der Waals surface area (Å²) >= 11 is 4.97. The maximum absolute atomic E-state index is 13.1. The molecule has 0 saturated carbocycles. The highest BCUT2D eigenvalue weighted by Gasteiger charge is 2.73. The molecule has 0 amide bonds. The quantitative estimate of drug-likeness (QED) is 0.408. The summed E-state index contributed by atoms with van der Waals surface area (Å²) < 4.78 is 87.9. The number of halogens is 9. The molecule has 0 aliphatic carbocycles. The summed E-state index contributed by atoms with van der Waals surface area (Å²) in [6.45, 7) is 0. The van der Waals surface area contributed by atoms with E-state index in [1.54, 1.807) is 0 Å². The second-order valence-electron chi connectivity index (χ2n) is 3.30. The fraction of sp³-hybridized carbons (Fsp3) is 0.333. The number of benzene rings is 1. The van der Waals surface area contributed by atoms with Crippen molar-refractivity contribution < 1.29 is 30.7 Å². The van der Waals surface area contributed by atoms with Crippen molar-refractivity contribution in [1.82, 2.24) is 0 Å². The molecule has 0 bridgehead atoms. The van der Waals surface area contributed by atoms with Crippen LogP contribution in [0.2, 0.25) is 0 Å². The molecular formula is C9H3Br2F7S. The van der Waals surface area contributed by atoms with Crippen LogP contribution < -0.4 is 0 Å². The maximum Gasteiger partial charge on any atom is 0.460 e. The Hall–Kier alpha value is 0.0400. The molecule has 0 radical (unpaired) electrons. The van der Waals surface area contributed by atoms with Crippen LogP contribution in [0.3, 0.4) is 0 Å². The van der Waals surface area contributed by atoms with E-state index in [0.29, 0.717) is 0 Å². The molecule has 1 rings (SSSR count). The molecule has 1 aromatic rings. The smallest absolute Gasteiger partial charge is 0.188 e. The minimum Gasteiger partial charge on any atom is -0.188 e. The van der Waals surface area contributed by atoms with Gasteiger partial charge in [-0.2, -0.15) is 30.7 Å². The van der Waals surface area contributed by atoms with Crippen molar-refractivity contribution in [3.05, 3.63) is 27.1 Å². The van der Waals surface area contributed by atoms with Gasteiger partial charge in [0.1, 0.15) is 0 Å². The Balaban J connectivity index is 3.09. The zero-order valence-electron chi connectivity index (χ0n) is 8.54. The zero-order valence-corrected chi connectivity index (χ0v) is 12.5. The van der Waals surface area contributed by atoms with Crippen LogP contribution in [0.25, 0.3) is 0 Å². The van der Waals surface area contributed by atoms with E-state index in [1.165, 1.54) is 6.07 Å². The number of hydrogen-bond donors (Lipinski definition) is 0. The Kier molecular flexibility index (Phi) is 4.89. The second-order valence-corrected chi connectivity index (χ2v) is 6.32. The lowest BCUT2D eigenvalue weighted by Gasteiger charge is -2.27. The first-order chi connectivity index (χ1) is 8.37. The van der Waals surface area contributed by atoms with Gasteiger partial charge in [0, 0.05) is 13.8 Å². The molecule has 0 heterocycles. The summed E-state index contributed by atoms with van der Waals surface area (Å²) in [6, 6.07) is 3.44. The van der Waals surface area contributed by atoms with Crippen LogP contribution in [0.5, 0.6) is 0 Å². The van der Waals surface area contributed by atoms with Crippen LogP contribution in [0.15, 0.2) is 32.0 Å². The highest BCUT2D eigenvalue weighted by atomic mass is 79.9. The van der Waals surface area contributed by atoms with Crippen LogP contribution in [0.1, 0.15) is 0 Å². The number of alkyl halides is 7. The van der Waals surface area contributed by atoms with Crippen molar-refractivity contribution >= 4 is 43.6 Å². The molecule has 19 heavy (non-hydrogen) atoms. The third kappa shape index (κ3) is 3.78. The summed E-state index contributed by atoms with van der Waals surface area (Å²) in [4.78, 5) is -0.435. The van der Waals surface area contributed by atoms with E-state index in [9.17, 15) is 30.7 Å². The van der Waals surface area contributed by atoms with Crippen LogP contribution >= 0.6 is 43.6 Å². The van der Waals surface area contributed by atoms with Gasteiger partial charge in [-0.25, -0.2) is 0 Å². The van der Waals surface area contributed by atoms with E-state index in [1.807, 2.05) is 0 Å². The molecule has 0 N–H and O–H groups in total. The van der Waals surface area contributed by atoms with Gasteiger partial charge in [0.25, 0.3) is 0 Å². The normalized spacial score (nSPS) is 13.7. The molecule has 0 spiro atoms. The Bertz CT molecular complexity index is 452. The van der Waals surface area contributed by atoms with Gasteiger partial charge in [0.15, 0.2) is 0 Å². The van der Waals surface area contributed by atoms with Gasteiger partial charge in [-0.05, 0) is 30.0 Å². The first-order valence-corrected chi connectivity index (χ1v) is 6.74. The highest BCUT2D eigenvalue weighted by Crippen LogP contribution is 2.54. The fourth-order valence-electron chi connectivity index (χ4n) is 0.965. The first kappa shape index (κ1) is 17.1. The summed E-state index contributed by atoms with van der Waals surface area (Å²) in [5.74, 6) is -6.13. The third-order valence-corrected chi connectivity index (χ3v) is 3.70. The Morgan fingerprint density at radius 2 is 1.21 bits per heavy atom. The van der Waals surface area contributed by atoms with Gasteiger partial charge >= 0.3 is 17.4 Å². The van der Waals surface area contributed by atoms with E-state index in [0.717, 1.165) is 12.1 Å². The predicted molar refractivity (Wildman–Crippen MR) is 63.6 cm³/mol. The topological polar surface area (TPSA) is 0 Å². The van der Waals surface area contributed by atoms with E-state index >= 15 is 0 Å². The molecule has 10 heteroatoms. The Morgan fingerprint density at radius 1 is 0.789 bits per heavy atom. The minimum atomic E-state index is -6.33.